The van der Waals surface area contributed by atoms with Crippen molar-refractivity contribution >= 4 is 17.0 Å². The number of pyridine rings is 1. The number of aromatic nitrogens is 2. The van der Waals surface area contributed by atoms with Crippen LogP contribution in [0.1, 0.15) is 27.2 Å². The number of nitrogens with zero attached hydrogens (tertiary/aromatic N) is 3. The summed E-state index contributed by atoms with van der Waals surface area (Å²) >= 11 is 0. The van der Waals surface area contributed by atoms with Crippen LogP contribution >= 0.6 is 0 Å². The topological polar surface area (TPSA) is 77.7 Å². The number of rotatable bonds is 4. The molecule has 2 aromatic carbocycles. The Labute approximate surface area is 185 Å². The number of hydrogen-bond donors (Lipinski definition) is 0. The third kappa shape index (κ3) is 3.36. The van der Waals surface area contributed by atoms with Crippen molar-refractivity contribution in [1.82, 2.24) is 15.0 Å². The lowest BCUT2D eigenvalue weighted by Gasteiger charge is -2.30. The first-order valence-corrected chi connectivity index (χ1v) is 10.4. The Bertz CT molecular complexity index is 1310. The van der Waals surface area contributed by atoms with E-state index in [1.54, 1.807) is 14.2 Å². The lowest BCUT2D eigenvalue weighted by atomic mass is 9.97. The van der Waals surface area contributed by atoms with Crippen molar-refractivity contribution in [2.75, 3.05) is 20.8 Å². The van der Waals surface area contributed by atoms with Gasteiger partial charge in [-0.05, 0) is 42.7 Å². The highest BCUT2D eigenvalue weighted by Crippen LogP contribution is 2.34. The van der Waals surface area contributed by atoms with Crippen molar-refractivity contribution in [1.29, 1.82) is 0 Å². The van der Waals surface area contributed by atoms with Crippen molar-refractivity contribution in [2.24, 2.45) is 0 Å². The molecule has 0 radical (unpaired) electrons. The first-order chi connectivity index (χ1) is 15.6. The SMILES string of the molecule is COc1cc2c(cc1OC)CN(C(=O)c1cc(-c3ccccc3)nc3onc(C)c13)CC2. The van der Waals surface area contributed by atoms with E-state index in [9.17, 15) is 4.79 Å². The fourth-order valence-electron chi connectivity index (χ4n) is 4.25. The normalized spacial score (nSPS) is 13.2. The predicted octanol–water partition coefficient (Wildman–Crippen LogP) is 4.41. The number of carbonyl (C=O) groups is 1. The number of benzene rings is 2. The second-order valence-corrected chi connectivity index (χ2v) is 7.82. The Morgan fingerprint density at radius 2 is 1.75 bits per heavy atom. The summed E-state index contributed by atoms with van der Waals surface area (Å²) in [5.74, 6) is 1.30. The summed E-state index contributed by atoms with van der Waals surface area (Å²) in [7, 11) is 3.24. The van der Waals surface area contributed by atoms with E-state index in [2.05, 4.69) is 10.1 Å². The zero-order chi connectivity index (χ0) is 22.2. The zero-order valence-corrected chi connectivity index (χ0v) is 18.2. The Balaban J connectivity index is 1.55. The average Bonchev–Trinajstić information content (AvgIpc) is 3.22. The van der Waals surface area contributed by atoms with Crippen LogP contribution in [0.4, 0.5) is 0 Å². The van der Waals surface area contributed by atoms with Gasteiger partial charge in [0.25, 0.3) is 11.6 Å². The molecule has 5 rings (SSSR count). The number of carbonyl (C=O) groups excluding carboxylic acids is 1. The highest BCUT2D eigenvalue weighted by atomic mass is 16.5. The fraction of sp³-hybridized carbons (Fsp3) is 0.240. The van der Waals surface area contributed by atoms with Crippen LogP contribution < -0.4 is 9.47 Å². The first kappa shape index (κ1) is 20.1. The Morgan fingerprint density at radius 3 is 2.47 bits per heavy atom. The monoisotopic (exact) mass is 429 g/mol. The molecule has 0 fully saturated rings. The quantitative estimate of drug-likeness (QED) is 0.478. The van der Waals surface area contributed by atoms with Crippen LogP contribution in [-0.2, 0) is 13.0 Å². The lowest BCUT2D eigenvalue weighted by molar-refractivity contribution is 0.0736. The van der Waals surface area contributed by atoms with Crippen LogP contribution in [0.3, 0.4) is 0 Å². The van der Waals surface area contributed by atoms with E-state index in [0.717, 1.165) is 23.1 Å². The molecular weight excluding hydrogens is 406 g/mol. The molecule has 0 unspecified atom stereocenters. The number of amides is 1. The van der Waals surface area contributed by atoms with Gasteiger partial charge in [-0.2, -0.15) is 0 Å². The molecular formula is C25H23N3O4. The van der Waals surface area contributed by atoms with Gasteiger partial charge in [-0.3, -0.25) is 4.79 Å². The highest BCUT2D eigenvalue weighted by molar-refractivity contribution is 6.07. The number of ether oxygens (including phenoxy) is 2. The maximum absolute atomic E-state index is 13.7. The van der Waals surface area contributed by atoms with Crippen molar-refractivity contribution in [3.63, 3.8) is 0 Å². The van der Waals surface area contributed by atoms with E-state index >= 15 is 0 Å². The van der Waals surface area contributed by atoms with E-state index in [-0.39, 0.29) is 5.91 Å². The molecule has 0 saturated carbocycles. The first-order valence-electron chi connectivity index (χ1n) is 10.4. The van der Waals surface area contributed by atoms with Gasteiger partial charge in [-0.15, -0.1) is 0 Å². The Morgan fingerprint density at radius 1 is 1.03 bits per heavy atom. The van der Waals surface area contributed by atoms with E-state index in [4.69, 9.17) is 14.0 Å². The van der Waals surface area contributed by atoms with Gasteiger partial charge in [-0.25, -0.2) is 4.98 Å². The summed E-state index contributed by atoms with van der Waals surface area (Å²) in [6.45, 7) is 2.93. The van der Waals surface area contributed by atoms with Gasteiger partial charge < -0.3 is 18.9 Å². The van der Waals surface area contributed by atoms with E-state index in [1.807, 2.05) is 60.4 Å². The van der Waals surface area contributed by atoms with Gasteiger partial charge >= 0.3 is 0 Å². The highest BCUT2D eigenvalue weighted by Gasteiger charge is 2.27. The standard InChI is InChI=1S/C25H23N3O4/c1-15-23-19(13-20(26-24(23)32-27-15)16-7-5-4-6-8-16)25(29)28-10-9-17-11-21(30-2)22(31-3)12-18(17)14-28/h4-8,11-13H,9-10,14H2,1-3H3. The van der Waals surface area contributed by atoms with Crippen molar-refractivity contribution in [3.05, 3.63) is 70.9 Å². The van der Waals surface area contributed by atoms with Crippen LogP contribution in [0.2, 0.25) is 0 Å². The number of methoxy groups -OCH3 is 2. The van der Waals surface area contributed by atoms with Crippen LogP contribution in [0.5, 0.6) is 11.5 Å². The van der Waals surface area contributed by atoms with Crippen LogP contribution in [0.25, 0.3) is 22.4 Å². The molecule has 0 spiro atoms. The Kier molecular flexibility index (Phi) is 5.01. The lowest BCUT2D eigenvalue weighted by Crippen LogP contribution is -2.36. The van der Waals surface area contributed by atoms with Crippen molar-refractivity contribution in [2.45, 2.75) is 19.9 Å². The summed E-state index contributed by atoms with van der Waals surface area (Å²) in [5.41, 5.74) is 5.39. The molecule has 7 nitrogen and oxygen atoms in total. The largest absolute Gasteiger partial charge is 0.493 e. The Hall–Kier alpha value is -3.87. The van der Waals surface area contributed by atoms with Crippen LogP contribution in [0, 0.1) is 6.92 Å². The third-order valence-electron chi connectivity index (χ3n) is 5.92. The van der Waals surface area contributed by atoms with Gasteiger partial charge in [0.2, 0.25) is 0 Å². The molecule has 2 aromatic heterocycles. The molecule has 1 aliphatic rings. The maximum Gasteiger partial charge on any atom is 0.259 e. The average molecular weight is 429 g/mol. The van der Waals surface area contributed by atoms with Crippen molar-refractivity contribution in [3.8, 4) is 22.8 Å². The minimum atomic E-state index is -0.0682. The minimum absolute atomic E-state index is 0.0682. The molecule has 162 valence electrons. The second kappa shape index (κ2) is 8.00. The molecule has 0 N–H and O–H groups in total. The summed E-state index contributed by atoms with van der Waals surface area (Å²) in [4.78, 5) is 20.2. The van der Waals surface area contributed by atoms with Gasteiger partial charge in [0.1, 0.15) is 0 Å². The van der Waals surface area contributed by atoms with E-state index < -0.39 is 0 Å². The maximum atomic E-state index is 13.7. The summed E-state index contributed by atoms with van der Waals surface area (Å²) in [6.07, 6.45) is 0.740. The predicted molar refractivity (Wildman–Crippen MR) is 120 cm³/mol. The second-order valence-electron chi connectivity index (χ2n) is 7.82. The summed E-state index contributed by atoms with van der Waals surface area (Å²) in [5, 5.41) is 4.72. The van der Waals surface area contributed by atoms with E-state index in [1.165, 1.54) is 0 Å². The van der Waals surface area contributed by atoms with Gasteiger partial charge in [0.15, 0.2) is 11.5 Å². The molecule has 0 bridgehead atoms. The number of aryl methyl sites for hydroxylation is 1. The summed E-state index contributed by atoms with van der Waals surface area (Å²) in [6, 6.07) is 15.5. The molecule has 0 saturated heterocycles. The molecule has 4 aromatic rings. The zero-order valence-electron chi connectivity index (χ0n) is 18.2. The molecule has 0 aliphatic carbocycles. The number of fused-ring (bicyclic) bond motifs is 2. The molecule has 0 atom stereocenters. The third-order valence-corrected chi connectivity index (χ3v) is 5.92. The van der Waals surface area contributed by atoms with Crippen molar-refractivity contribution < 1.29 is 18.8 Å². The van der Waals surface area contributed by atoms with Gasteiger partial charge in [-0.1, -0.05) is 35.5 Å². The smallest absolute Gasteiger partial charge is 0.259 e. The molecule has 32 heavy (non-hydrogen) atoms. The van der Waals surface area contributed by atoms with Gasteiger partial charge in [0, 0.05) is 18.7 Å². The van der Waals surface area contributed by atoms with Crippen LogP contribution in [0.15, 0.2) is 53.1 Å². The fourth-order valence-corrected chi connectivity index (χ4v) is 4.25. The minimum Gasteiger partial charge on any atom is -0.493 e. The molecule has 7 heteroatoms. The molecule has 3 heterocycles. The van der Waals surface area contributed by atoms with Gasteiger partial charge in [0.05, 0.1) is 36.6 Å². The molecule has 1 amide bonds. The molecule has 1 aliphatic heterocycles. The van der Waals surface area contributed by atoms with Crippen LogP contribution in [-0.4, -0.2) is 41.7 Å². The number of hydrogen-bond acceptors (Lipinski definition) is 6. The summed E-state index contributed by atoms with van der Waals surface area (Å²) < 4.78 is 16.3. The van der Waals surface area contributed by atoms with E-state index in [0.29, 0.717) is 52.6 Å².